The molecule has 3 rings (SSSR count). The molecule has 0 saturated carbocycles. The Kier molecular flexibility index (Phi) is 7.94. The van der Waals surface area contributed by atoms with Gasteiger partial charge in [-0.05, 0) is 75.0 Å². The lowest BCUT2D eigenvalue weighted by atomic mass is 9.91. The van der Waals surface area contributed by atoms with E-state index in [1.165, 1.54) is 37.7 Å². The normalized spacial score (nSPS) is 21.7. The topological polar surface area (TPSA) is 61.4 Å². The van der Waals surface area contributed by atoms with Crippen LogP contribution in [0, 0.1) is 18.8 Å². The number of hydrogen-bond donors (Lipinski definition) is 2. The van der Waals surface area contributed by atoms with Gasteiger partial charge in [-0.15, -0.1) is 0 Å². The fourth-order valence-corrected chi connectivity index (χ4v) is 4.69. The number of allylic oxidation sites excluding steroid dienone is 1. The largest absolute Gasteiger partial charge is 0.376 e. The molecular formula is C25H37N3O2. The summed E-state index contributed by atoms with van der Waals surface area (Å²) in [5.41, 5.74) is 4.04. The van der Waals surface area contributed by atoms with Crippen molar-refractivity contribution in [3.05, 3.63) is 41.0 Å². The van der Waals surface area contributed by atoms with Crippen molar-refractivity contribution in [2.45, 2.75) is 59.3 Å². The van der Waals surface area contributed by atoms with Gasteiger partial charge in [-0.2, -0.15) is 0 Å². The fourth-order valence-electron chi connectivity index (χ4n) is 4.69. The Morgan fingerprint density at radius 1 is 1.13 bits per heavy atom. The molecule has 5 heteroatoms. The van der Waals surface area contributed by atoms with Crippen LogP contribution in [0.2, 0.25) is 0 Å². The van der Waals surface area contributed by atoms with Crippen LogP contribution in [-0.4, -0.2) is 42.9 Å². The van der Waals surface area contributed by atoms with E-state index < -0.39 is 0 Å². The third-order valence-electron chi connectivity index (χ3n) is 6.23. The summed E-state index contributed by atoms with van der Waals surface area (Å²) in [5.74, 6) is 1.14. The van der Waals surface area contributed by atoms with Gasteiger partial charge in [0, 0.05) is 30.9 Å². The molecule has 0 spiro atoms. The first-order valence-electron chi connectivity index (χ1n) is 11.5. The molecule has 5 nitrogen and oxygen atoms in total. The van der Waals surface area contributed by atoms with Crippen LogP contribution in [0.4, 0.5) is 5.69 Å². The summed E-state index contributed by atoms with van der Waals surface area (Å²) < 4.78 is 0. The first-order valence-corrected chi connectivity index (χ1v) is 11.5. The highest BCUT2D eigenvalue weighted by Crippen LogP contribution is 2.24. The number of anilines is 1. The molecule has 0 aromatic heterocycles. The number of carbonyl (C=O) groups excluding carboxylic acids is 2. The van der Waals surface area contributed by atoms with Crippen LogP contribution in [0.5, 0.6) is 0 Å². The minimum absolute atomic E-state index is 0.0128. The van der Waals surface area contributed by atoms with Crippen molar-refractivity contribution in [1.82, 2.24) is 10.2 Å². The van der Waals surface area contributed by atoms with Crippen molar-refractivity contribution in [3.8, 4) is 0 Å². The molecule has 1 fully saturated rings. The quantitative estimate of drug-likeness (QED) is 0.648. The molecule has 164 valence electrons. The predicted octanol–water partition coefficient (Wildman–Crippen LogP) is 4.53. The number of aryl methyl sites for hydroxylation is 1. The Morgan fingerprint density at radius 2 is 1.90 bits per heavy atom. The average molecular weight is 412 g/mol. The van der Waals surface area contributed by atoms with E-state index in [0.29, 0.717) is 23.9 Å². The molecular weight excluding hydrogens is 374 g/mol. The SMILES string of the molecule is Cc1ccc(C(=O)N2CC(C)CC(C)C2)cc1NCC(=O)NCCC1=CCCCC1. The summed E-state index contributed by atoms with van der Waals surface area (Å²) in [4.78, 5) is 27.2. The van der Waals surface area contributed by atoms with E-state index in [2.05, 4.69) is 30.6 Å². The van der Waals surface area contributed by atoms with Gasteiger partial charge >= 0.3 is 0 Å². The van der Waals surface area contributed by atoms with Gasteiger partial charge in [0.2, 0.25) is 5.91 Å². The summed E-state index contributed by atoms with van der Waals surface area (Å²) in [5, 5.41) is 6.22. The van der Waals surface area contributed by atoms with Gasteiger partial charge in [0.1, 0.15) is 0 Å². The Hall–Kier alpha value is -2.30. The molecule has 2 amide bonds. The molecule has 1 saturated heterocycles. The number of likely N-dealkylation sites (tertiary alicyclic amines) is 1. The van der Waals surface area contributed by atoms with Gasteiger partial charge in [-0.1, -0.05) is 31.6 Å². The number of nitrogens with one attached hydrogen (secondary N) is 2. The van der Waals surface area contributed by atoms with E-state index in [4.69, 9.17) is 0 Å². The van der Waals surface area contributed by atoms with Crippen LogP contribution >= 0.6 is 0 Å². The van der Waals surface area contributed by atoms with Gasteiger partial charge in [0.05, 0.1) is 6.54 Å². The number of nitrogens with zero attached hydrogens (tertiary/aromatic N) is 1. The van der Waals surface area contributed by atoms with Gasteiger partial charge in [-0.25, -0.2) is 0 Å². The Bertz CT molecular complexity index is 777. The van der Waals surface area contributed by atoms with E-state index >= 15 is 0 Å². The van der Waals surface area contributed by atoms with Crippen LogP contribution in [0.15, 0.2) is 29.8 Å². The van der Waals surface area contributed by atoms with Gasteiger partial charge < -0.3 is 15.5 Å². The molecule has 1 aliphatic heterocycles. The van der Waals surface area contributed by atoms with Crippen LogP contribution in [0.25, 0.3) is 0 Å². The molecule has 1 aromatic carbocycles. The van der Waals surface area contributed by atoms with E-state index in [0.717, 1.165) is 30.8 Å². The summed E-state index contributed by atoms with van der Waals surface area (Å²) in [6.07, 6.45) is 9.35. The third kappa shape index (κ3) is 6.35. The lowest BCUT2D eigenvalue weighted by Crippen LogP contribution is -2.42. The molecule has 0 bridgehead atoms. The van der Waals surface area contributed by atoms with Gasteiger partial charge in [0.25, 0.3) is 5.91 Å². The maximum Gasteiger partial charge on any atom is 0.253 e. The lowest BCUT2D eigenvalue weighted by molar-refractivity contribution is -0.119. The first kappa shape index (κ1) is 22.4. The van der Waals surface area contributed by atoms with Crippen molar-refractivity contribution in [2.24, 2.45) is 11.8 Å². The third-order valence-corrected chi connectivity index (χ3v) is 6.23. The molecule has 1 aromatic rings. The zero-order valence-corrected chi connectivity index (χ0v) is 18.8. The standard InChI is InChI=1S/C25H37N3O2/c1-18-13-19(2)17-28(16-18)25(30)22-10-9-20(3)23(14-22)27-15-24(29)26-12-11-21-7-5-4-6-8-21/h7,9-10,14,18-19,27H,4-6,8,11-13,15-17H2,1-3H3,(H,26,29). The Labute approximate surface area is 181 Å². The Morgan fingerprint density at radius 3 is 2.60 bits per heavy atom. The number of piperidine rings is 1. The molecule has 2 aliphatic rings. The van der Waals surface area contributed by atoms with Gasteiger partial charge in [0.15, 0.2) is 0 Å². The molecule has 1 aliphatic carbocycles. The summed E-state index contributed by atoms with van der Waals surface area (Å²) >= 11 is 0. The molecule has 0 radical (unpaired) electrons. The van der Waals surface area contributed by atoms with Crippen LogP contribution in [0.1, 0.15) is 68.3 Å². The zero-order valence-electron chi connectivity index (χ0n) is 18.8. The van der Waals surface area contributed by atoms with E-state index in [1.54, 1.807) is 0 Å². The minimum atomic E-state index is -0.0128. The summed E-state index contributed by atoms with van der Waals surface area (Å²) in [6, 6.07) is 5.74. The predicted molar refractivity (Wildman–Crippen MR) is 123 cm³/mol. The minimum Gasteiger partial charge on any atom is -0.376 e. The maximum atomic E-state index is 13.0. The second kappa shape index (κ2) is 10.6. The van der Waals surface area contributed by atoms with E-state index in [1.807, 2.05) is 30.0 Å². The number of hydrogen-bond acceptors (Lipinski definition) is 3. The molecule has 30 heavy (non-hydrogen) atoms. The second-order valence-electron chi connectivity index (χ2n) is 9.25. The smallest absolute Gasteiger partial charge is 0.253 e. The van der Waals surface area contributed by atoms with E-state index in [9.17, 15) is 9.59 Å². The van der Waals surface area contributed by atoms with Gasteiger partial charge in [-0.3, -0.25) is 9.59 Å². The monoisotopic (exact) mass is 411 g/mol. The van der Waals surface area contributed by atoms with Crippen LogP contribution in [-0.2, 0) is 4.79 Å². The maximum absolute atomic E-state index is 13.0. The highest BCUT2D eigenvalue weighted by atomic mass is 16.2. The number of carbonyl (C=O) groups is 2. The van der Waals surface area contributed by atoms with Crippen molar-refractivity contribution in [1.29, 1.82) is 0 Å². The summed E-state index contributed by atoms with van der Waals surface area (Å²) in [6.45, 7) is 8.96. The molecule has 2 unspecified atom stereocenters. The first-order chi connectivity index (χ1) is 14.4. The Balaban J connectivity index is 1.51. The lowest BCUT2D eigenvalue weighted by Gasteiger charge is -2.35. The highest BCUT2D eigenvalue weighted by Gasteiger charge is 2.26. The van der Waals surface area contributed by atoms with Crippen LogP contribution in [0.3, 0.4) is 0 Å². The van der Waals surface area contributed by atoms with Crippen LogP contribution < -0.4 is 10.6 Å². The average Bonchev–Trinajstić information content (AvgIpc) is 2.73. The molecule has 2 atom stereocenters. The number of rotatable bonds is 7. The van der Waals surface area contributed by atoms with Crippen molar-refractivity contribution in [2.75, 3.05) is 31.5 Å². The highest BCUT2D eigenvalue weighted by molar-refractivity contribution is 5.95. The second-order valence-corrected chi connectivity index (χ2v) is 9.25. The molecule has 2 N–H and O–H groups in total. The fraction of sp³-hybridized carbons (Fsp3) is 0.600. The van der Waals surface area contributed by atoms with Crippen molar-refractivity contribution >= 4 is 17.5 Å². The number of benzene rings is 1. The van der Waals surface area contributed by atoms with Crippen molar-refractivity contribution in [3.63, 3.8) is 0 Å². The number of amides is 2. The zero-order chi connectivity index (χ0) is 21.5. The molecule has 1 heterocycles. The van der Waals surface area contributed by atoms with E-state index in [-0.39, 0.29) is 18.4 Å². The van der Waals surface area contributed by atoms with Crippen molar-refractivity contribution < 1.29 is 9.59 Å². The summed E-state index contributed by atoms with van der Waals surface area (Å²) in [7, 11) is 0.